The van der Waals surface area contributed by atoms with E-state index in [9.17, 15) is 29.4 Å². The third kappa shape index (κ3) is 7.31. The number of unbranched alkanes of at least 4 members (excludes halogenated alkanes) is 1. The van der Waals surface area contributed by atoms with E-state index in [1.165, 1.54) is 7.05 Å². The summed E-state index contributed by atoms with van der Waals surface area (Å²) >= 11 is 0. The van der Waals surface area contributed by atoms with Crippen LogP contribution >= 0.6 is 0 Å². The summed E-state index contributed by atoms with van der Waals surface area (Å²) in [6.07, 6.45) is -1.74. The molecular weight excluding hydrogens is 308 g/mol. The minimum absolute atomic E-state index is 0.121. The lowest BCUT2D eigenvalue weighted by Crippen LogP contribution is -2.47. The Balaban J connectivity index is 4.36. The van der Waals surface area contributed by atoms with Gasteiger partial charge in [0, 0.05) is 20.0 Å². The number of aliphatic hydroxyl groups excluding tert-OH is 3. The Kier molecular flexibility index (Phi) is 10.8. The van der Waals surface area contributed by atoms with Crippen molar-refractivity contribution in [3.05, 3.63) is 0 Å². The van der Waals surface area contributed by atoms with Gasteiger partial charge in [-0.2, -0.15) is 0 Å². The summed E-state index contributed by atoms with van der Waals surface area (Å²) in [5.74, 6) is -3.78. The van der Waals surface area contributed by atoms with Crippen molar-refractivity contribution < 1.29 is 34.5 Å². The van der Waals surface area contributed by atoms with Gasteiger partial charge in [0.1, 0.15) is 18.7 Å². The standard InChI is InChI=1S/C14H24N2O7/c1-15-11(20)4-2-3-5-16-14(23)13(22)10(8-19)12(21)9(6-17)7-18/h6,8-10,12-13,18,21-22H,2-5,7H2,1H3,(H,15,20)(H,16,23). The summed E-state index contributed by atoms with van der Waals surface area (Å²) in [6.45, 7) is -0.519. The quantitative estimate of drug-likeness (QED) is 0.193. The van der Waals surface area contributed by atoms with Crippen LogP contribution in [0.2, 0.25) is 0 Å². The van der Waals surface area contributed by atoms with Gasteiger partial charge in [-0.1, -0.05) is 0 Å². The molecule has 2 amide bonds. The second-order valence-electron chi connectivity index (χ2n) is 5.05. The van der Waals surface area contributed by atoms with E-state index in [2.05, 4.69) is 10.6 Å². The highest BCUT2D eigenvalue weighted by atomic mass is 16.3. The van der Waals surface area contributed by atoms with Crippen LogP contribution in [0.3, 0.4) is 0 Å². The molecular formula is C14H24N2O7. The monoisotopic (exact) mass is 332 g/mol. The van der Waals surface area contributed by atoms with Gasteiger partial charge in [-0.25, -0.2) is 0 Å². The van der Waals surface area contributed by atoms with Gasteiger partial charge in [0.25, 0.3) is 0 Å². The molecule has 4 unspecified atom stereocenters. The molecule has 0 bridgehead atoms. The van der Waals surface area contributed by atoms with Crippen molar-refractivity contribution in [1.29, 1.82) is 0 Å². The van der Waals surface area contributed by atoms with Crippen LogP contribution in [0, 0.1) is 11.8 Å². The van der Waals surface area contributed by atoms with E-state index in [-0.39, 0.29) is 25.0 Å². The molecule has 0 radical (unpaired) electrons. The van der Waals surface area contributed by atoms with E-state index >= 15 is 0 Å². The van der Waals surface area contributed by atoms with Crippen molar-refractivity contribution in [3.8, 4) is 0 Å². The molecule has 0 rings (SSSR count). The van der Waals surface area contributed by atoms with Crippen LogP contribution in [0.25, 0.3) is 0 Å². The molecule has 132 valence electrons. The predicted molar refractivity (Wildman–Crippen MR) is 79.1 cm³/mol. The average Bonchev–Trinajstić information content (AvgIpc) is 2.55. The molecule has 0 aromatic rings. The maximum Gasteiger partial charge on any atom is 0.249 e. The molecule has 4 atom stereocenters. The average molecular weight is 332 g/mol. The van der Waals surface area contributed by atoms with Gasteiger partial charge in [-0.15, -0.1) is 0 Å². The van der Waals surface area contributed by atoms with Crippen molar-refractivity contribution in [1.82, 2.24) is 10.6 Å². The third-order valence-corrected chi connectivity index (χ3v) is 3.42. The lowest BCUT2D eigenvalue weighted by molar-refractivity contribution is -0.142. The van der Waals surface area contributed by atoms with E-state index in [4.69, 9.17) is 5.11 Å². The van der Waals surface area contributed by atoms with Gasteiger partial charge in [0.05, 0.1) is 24.5 Å². The van der Waals surface area contributed by atoms with Crippen LogP contribution in [-0.2, 0) is 19.2 Å². The Morgan fingerprint density at radius 3 is 2.26 bits per heavy atom. The number of aldehydes is 2. The zero-order chi connectivity index (χ0) is 17.8. The smallest absolute Gasteiger partial charge is 0.249 e. The van der Waals surface area contributed by atoms with Crippen LogP contribution in [0.15, 0.2) is 0 Å². The SMILES string of the molecule is CNC(=O)CCCCNC(=O)C(O)C(C=O)C(O)C(C=O)CO. The lowest BCUT2D eigenvalue weighted by Gasteiger charge is -2.25. The first kappa shape index (κ1) is 21.2. The number of carbonyl (C=O) groups is 4. The van der Waals surface area contributed by atoms with E-state index < -0.39 is 36.6 Å². The van der Waals surface area contributed by atoms with Crippen molar-refractivity contribution in [2.45, 2.75) is 31.5 Å². The van der Waals surface area contributed by atoms with Crippen LogP contribution in [-0.4, -0.2) is 72.1 Å². The minimum atomic E-state index is -1.84. The minimum Gasteiger partial charge on any atom is -0.396 e. The lowest BCUT2D eigenvalue weighted by atomic mass is 9.88. The first-order valence-corrected chi connectivity index (χ1v) is 7.28. The Morgan fingerprint density at radius 1 is 1.13 bits per heavy atom. The highest BCUT2D eigenvalue weighted by Gasteiger charge is 2.35. The van der Waals surface area contributed by atoms with Crippen molar-refractivity contribution in [3.63, 3.8) is 0 Å². The summed E-state index contributed by atoms with van der Waals surface area (Å²) in [5.41, 5.74) is 0. The zero-order valence-corrected chi connectivity index (χ0v) is 13.0. The Labute approximate surface area is 134 Å². The number of nitrogens with one attached hydrogen (secondary N) is 2. The Morgan fingerprint density at radius 2 is 1.78 bits per heavy atom. The van der Waals surface area contributed by atoms with Crippen molar-refractivity contribution in [2.24, 2.45) is 11.8 Å². The van der Waals surface area contributed by atoms with E-state index in [0.717, 1.165) is 0 Å². The second kappa shape index (κ2) is 11.7. The van der Waals surface area contributed by atoms with Gasteiger partial charge < -0.3 is 35.5 Å². The highest BCUT2D eigenvalue weighted by molar-refractivity contribution is 5.84. The van der Waals surface area contributed by atoms with Crippen molar-refractivity contribution >= 4 is 24.4 Å². The summed E-state index contributed by atoms with van der Waals surface area (Å²) in [6, 6.07) is 0. The number of carbonyl (C=O) groups excluding carboxylic acids is 4. The fourth-order valence-electron chi connectivity index (χ4n) is 1.89. The van der Waals surface area contributed by atoms with E-state index in [1.807, 2.05) is 0 Å². The first-order chi connectivity index (χ1) is 10.9. The molecule has 9 nitrogen and oxygen atoms in total. The molecule has 23 heavy (non-hydrogen) atoms. The fourth-order valence-corrected chi connectivity index (χ4v) is 1.89. The van der Waals surface area contributed by atoms with E-state index in [0.29, 0.717) is 19.3 Å². The molecule has 0 aliphatic carbocycles. The molecule has 5 N–H and O–H groups in total. The van der Waals surface area contributed by atoms with Crippen LogP contribution in [0.4, 0.5) is 0 Å². The van der Waals surface area contributed by atoms with E-state index in [1.54, 1.807) is 0 Å². The predicted octanol–water partition coefficient (Wildman–Crippen LogP) is -2.64. The van der Waals surface area contributed by atoms with Crippen LogP contribution in [0.5, 0.6) is 0 Å². The van der Waals surface area contributed by atoms with Crippen LogP contribution in [0.1, 0.15) is 19.3 Å². The molecule has 0 aromatic carbocycles. The molecule has 0 aliphatic heterocycles. The van der Waals surface area contributed by atoms with Crippen molar-refractivity contribution in [2.75, 3.05) is 20.2 Å². The number of aliphatic hydroxyl groups is 3. The Bertz CT molecular complexity index is 403. The molecule has 0 saturated heterocycles. The van der Waals surface area contributed by atoms with Gasteiger partial charge in [-0.05, 0) is 12.8 Å². The number of hydrogen-bond donors (Lipinski definition) is 5. The molecule has 0 fully saturated rings. The highest BCUT2D eigenvalue weighted by Crippen LogP contribution is 2.14. The molecule has 0 heterocycles. The van der Waals surface area contributed by atoms with Gasteiger partial charge in [0.15, 0.2) is 0 Å². The normalized spacial score (nSPS) is 15.8. The molecule has 0 aliphatic rings. The number of amides is 2. The maximum absolute atomic E-state index is 11.7. The summed E-state index contributed by atoms with van der Waals surface area (Å²) in [5, 5.41) is 33.3. The topological polar surface area (TPSA) is 153 Å². The summed E-state index contributed by atoms with van der Waals surface area (Å²) < 4.78 is 0. The zero-order valence-electron chi connectivity index (χ0n) is 13.0. The van der Waals surface area contributed by atoms with Crippen LogP contribution < -0.4 is 10.6 Å². The number of hydrogen-bond acceptors (Lipinski definition) is 7. The maximum atomic E-state index is 11.7. The molecule has 0 spiro atoms. The summed E-state index contributed by atoms with van der Waals surface area (Å²) in [7, 11) is 1.52. The van der Waals surface area contributed by atoms with Gasteiger partial charge in [-0.3, -0.25) is 9.59 Å². The largest absolute Gasteiger partial charge is 0.396 e. The number of rotatable bonds is 12. The molecule has 0 aromatic heterocycles. The first-order valence-electron chi connectivity index (χ1n) is 7.28. The fraction of sp³-hybridized carbons (Fsp3) is 0.714. The van der Waals surface area contributed by atoms with Gasteiger partial charge in [0.2, 0.25) is 11.8 Å². The Hall–Kier alpha value is -1.84. The second-order valence-corrected chi connectivity index (χ2v) is 5.05. The summed E-state index contributed by atoms with van der Waals surface area (Å²) in [4.78, 5) is 44.4. The van der Waals surface area contributed by atoms with Gasteiger partial charge >= 0.3 is 0 Å². The molecule has 0 saturated carbocycles. The third-order valence-electron chi connectivity index (χ3n) is 3.42. The molecule has 9 heteroatoms.